The summed E-state index contributed by atoms with van der Waals surface area (Å²) in [7, 11) is 1.73. The fourth-order valence-corrected chi connectivity index (χ4v) is 3.20. The van der Waals surface area contributed by atoms with E-state index >= 15 is 0 Å². The summed E-state index contributed by atoms with van der Waals surface area (Å²) in [6.07, 6.45) is 2.96. The van der Waals surface area contributed by atoms with Crippen molar-refractivity contribution < 1.29 is 9.13 Å². The molecule has 2 aromatic rings. The van der Waals surface area contributed by atoms with Crippen molar-refractivity contribution in [3.05, 3.63) is 46.2 Å². The lowest BCUT2D eigenvalue weighted by molar-refractivity contribution is 0.214. The Kier molecular flexibility index (Phi) is 11.3. The van der Waals surface area contributed by atoms with Gasteiger partial charge in [0, 0.05) is 24.7 Å². The number of thiazole rings is 1. The molecule has 1 unspecified atom stereocenters. The van der Waals surface area contributed by atoms with Crippen LogP contribution in [-0.4, -0.2) is 37.2 Å². The Morgan fingerprint density at radius 1 is 1.30 bits per heavy atom. The molecule has 0 bridgehead atoms. The van der Waals surface area contributed by atoms with Gasteiger partial charge in [-0.3, -0.25) is 4.99 Å². The molecule has 150 valence electrons. The lowest BCUT2D eigenvalue weighted by Crippen LogP contribution is -2.42. The van der Waals surface area contributed by atoms with E-state index < -0.39 is 0 Å². The largest absolute Gasteiger partial charge is 0.486 e. The number of aryl methyl sites for hydroxylation is 2. The summed E-state index contributed by atoms with van der Waals surface area (Å²) < 4.78 is 19.2. The minimum atomic E-state index is -0.350. The molecular formula is C19H28FIN4OS. The van der Waals surface area contributed by atoms with Gasteiger partial charge in [0.15, 0.2) is 17.5 Å². The predicted molar refractivity (Wildman–Crippen MR) is 121 cm³/mol. The molecule has 0 aliphatic carbocycles. The second-order valence-electron chi connectivity index (χ2n) is 6.08. The SMILES string of the molecule is CN=C(NCCCCc1nc(C)cs1)NCC(C)Oc1ccccc1F.I. The van der Waals surface area contributed by atoms with Gasteiger partial charge in [0.2, 0.25) is 0 Å². The summed E-state index contributed by atoms with van der Waals surface area (Å²) in [5.74, 6) is 0.638. The molecule has 2 N–H and O–H groups in total. The summed E-state index contributed by atoms with van der Waals surface area (Å²) in [6, 6.07) is 6.42. The highest BCUT2D eigenvalue weighted by Crippen LogP contribution is 2.16. The van der Waals surface area contributed by atoms with E-state index in [0.29, 0.717) is 6.54 Å². The van der Waals surface area contributed by atoms with Crippen LogP contribution in [0.15, 0.2) is 34.6 Å². The van der Waals surface area contributed by atoms with E-state index in [1.807, 2.05) is 13.8 Å². The maximum Gasteiger partial charge on any atom is 0.191 e. The maximum atomic E-state index is 13.6. The smallest absolute Gasteiger partial charge is 0.191 e. The van der Waals surface area contributed by atoms with E-state index in [4.69, 9.17) is 4.74 Å². The van der Waals surface area contributed by atoms with Gasteiger partial charge in [-0.1, -0.05) is 12.1 Å². The van der Waals surface area contributed by atoms with Gasteiger partial charge < -0.3 is 15.4 Å². The van der Waals surface area contributed by atoms with E-state index in [1.165, 1.54) is 11.1 Å². The molecule has 0 fully saturated rings. The van der Waals surface area contributed by atoms with Crippen LogP contribution in [0.25, 0.3) is 0 Å². The van der Waals surface area contributed by atoms with Crippen LogP contribution in [0.2, 0.25) is 0 Å². The van der Waals surface area contributed by atoms with Crippen molar-refractivity contribution in [2.24, 2.45) is 4.99 Å². The second-order valence-corrected chi connectivity index (χ2v) is 7.02. The third-order valence-electron chi connectivity index (χ3n) is 3.72. The van der Waals surface area contributed by atoms with Gasteiger partial charge in [0.05, 0.1) is 11.6 Å². The first-order chi connectivity index (χ1) is 12.6. The standard InChI is InChI=1S/C19H27FN4OS.HI/c1-14-13-26-18(24-14)10-6-7-11-22-19(21-3)23-12-15(2)25-17-9-5-4-8-16(17)20;/h4-5,8-9,13,15H,6-7,10-12H2,1-3H3,(H2,21,22,23);1H. The molecule has 5 nitrogen and oxygen atoms in total. The lowest BCUT2D eigenvalue weighted by atomic mass is 10.2. The molecule has 27 heavy (non-hydrogen) atoms. The predicted octanol–water partition coefficient (Wildman–Crippen LogP) is 4.16. The minimum absolute atomic E-state index is 0. The van der Waals surface area contributed by atoms with Gasteiger partial charge >= 0.3 is 0 Å². The fraction of sp³-hybridized carbons (Fsp3) is 0.474. The molecule has 1 heterocycles. The zero-order valence-corrected chi connectivity index (χ0v) is 19.1. The molecule has 0 radical (unpaired) electrons. The van der Waals surface area contributed by atoms with Crippen molar-refractivity contribution in [1.29, 1.82) is 0 Å². The van der Waals surface area contributed by atoms with Crippen LogP contribution < -0.4 is 15.4 Å². The fourth-order valence-electron chi connectivity index (χ4n) is 2.39. The minimum Gasteiger partial charge on any atom is -0.486 e. The van der Waals surface area contributed by atoms with Crippen LogP contribution in [0.4, 0.5) is 4.39 Å². The maximum absolute atomic E-state index is 13.6. The van der Waals surface area contributed by atoms with Crippen molar-refractivity contribution in [3.8, 4) is 5.75 Å². The van der Waals surface area contributed by atoms with Crippen LogP contribution in [0.5, 0.6) is 5.75 Å². The number of halogens is 2. The zero-order valence-electron chi connectivity index (χ0n) is 16.0. The number of benzene rings is 1. The molecule has 0 saturated carbocycles. The monoisotopic (exact) mass is 506 g/mol. The number of nitrogens with one attached hydrogen (secondary N) is 2. The first-order valence-electron chi connectivity index (χ1n) is 8.85. The van der Waals surface area contributed by atoms with Crippen LogP contribution in [0.3, 0.4) is 0 Å². The van der Waals surface area contributed by atoms with Crippen molar-refractivity contribution >= 4 is 41.3 Å². The quantitative estimate of drug-likeness (QED) is 0.232. The van der Waals surface area contributed by atoms with Crippen LogP contribution >= 0.6 is 35.3 Å². The van der Waals surface area contributed by atoms with Gasteiger partial charge in [-0.25, -0.2) is 9.37 Å². The number of hydrogen-bond acceptors (Lipinski definition) is 4. The molecule has 2 rings (SSSR count). The number of aromatic nitrogens is 1. The summed E-state index contributed by atoms with van der Waals surface area (Å²) >= 11 is 1.72. The first kappa shape index (κ1) is 23.6. The van der Waals surface area contributed by atoms with E-state index in [-0.39, 0.29) is 41.6 Å². The number of guanidine groups is 1. The lowest BCUT2D eigenvalue weighted by Gasteiger charge is -2.18. The molecule has 1 aromatic carbocycles. The number of rotatable bonds is 9. The highest BCUT2D eigenvalue weighted by molar-refractivity contribution is 14.0. The van der Waals surface area contributed by atoms with Crippen LogP contribution in [-0.2, 0) is 6.42 Å². The van der Waals surface area contributed by atoms with Crippen molar-refractivity contribution in [2.75, 3.05) is 20.1 Å². The highest BCUT2D eigenvalue weighted by Gasteiger charge is 2.08. The molecule has 1 atom stereocenters. The number of para-hydroxylation sites is 1. The number of nitrogens with zero attached hydrogens (tertiary/aromatic N) is 2. The van der Waals surface area contributed by atoms with Crippen molar-refractivity contribution in [3.63, 3.8) is 0 Å². The summed E-state index contributed by atoms with van der Waals surface area (Å²) in [5.41, 5.74) is 1.10. The normalized spacial score (nSPS) is 12.2. The number of ether oxygens (including phenoxy) is 1. The van der Waals surface area contributed by atoms with Gasteiger partial charge in [0.1, 0.15) is 6.10 Å². The van der Waals surface area contributed by atoms with Crippen molar-refractivity contribution in [1.82, 2.24) is 15.6 Å². The topological polar surface area (TPSA) is 58.5 Å². The van der Waals surface area contributed by atoms with Crippen LogP contribution in [0.1, 0.15) is 30.5 Å². The van der Waals surface area contributed by atoms with Gasteiger partial charge in [0.25, 0.3) is 0 Å². The number of aliphatic imine (C=N–C) groups is 1. The molecular weight excluding hydrogens is 478 g/mol. The summed E-state index contributed by atoms with van der Waals surface area (Å²) in [4.78, 5) is 8.67. The average molecular weight is 506 g/mol. The molecule has 1 aromatic heterocycles. The van der Waals surface area contributed by atoms with Gasteiger partial charge in [-0.05, 0) is 45.2 Å². The molecule has 0 spiro atoms. The number of unbranched alkanes of at least 4 members (excludes halogenated alkanes) is 1. The van der Waals surface area contributed by atoms with Crippen LogP contribution in [0, 0.1) is 12.7 Å². The molecule has 0 saturated heterocycles. The summed E-state index contributed by atoms with van der Waals surface area (Å²) in [5, 5.41) is 9.77. The Hall–Kier alpha value is -1.42. The van der Waals surface area contributed by atoms with Crippen molar-refractivity contribution in [2.45, 2.75) is 39.2 Å². The first-order valence-corrected chi connectivity index (χ1v) is 9.73. The Labute approximate surface area is 181 Å². The molecule has 8 heteroatoms. The third kappa shape index (κ3) is 8.87. The van der Waals surface area contributed by atoms with E-state index in [9.17, 15) is 4.39 Å². The van der Waals surface area contributed by atoms with E-state index in [2.05, 4.69) is 26.0 Å². The van der Waals surface area contributed by atoms with E-state index in [0.717, 1.165) is 37.5 Å². The molecule has 0 amide bonds. The third-order valence-corrected chi connectivity index (χ3v) is 4.75. The van der Waals surface area contributed by atoms with Gasteiger partial charge in [-0.2, -0.15) is 0 Å². The molecule has 0 aliphatic heterocycles. The molecule has 0 aliphatic rings. The average Bonchev–Trinajstić information content (AvgIpc) is 3.04. The second kappa shape index (κ2) is 12.9. The number of hydrogen-bond donors (Lipinski definition) is 2. The van der Waals surface area contributed by atoms with E-state index in [1.54, 1.807) is 36.6 Å². The summed E-state index contributed by atoms with van der Waals surface area (Å²) in [6.45, 7) is 5.29. The highest BCUT2D eigenvalue weighted by atomic mass is 127. The zero-order chi connectivity index (χ0) is 18.8. The Morgan fingerprint density at radius 2 is 2.07 bits per heavy atom. The Bertz CT molecular complexity index is 711. The Balaban J connectivity index is 0.00000364. The Morgan fingerprint density at radius 3 is 2.74 bits per heavy atom. The van der Waals surface area contributed by atoms with Gasteiger partial charge in [-0.15, -0.1) is 35.3 Å².